The molecule has 142 valence electrons. The highest BCUT2D eigenvalue weighted by molar-refractivity contribution is 5.78. The van der Waals surface area contributed by atoms with E-state index in [1.54, 1.807) is 0 Å². The van der Waals surface area contributed by atoms with E-state index in [4.69, 9.17) is 9.47 Å². The predicted molar refractivity (Wildman–Crippen MR) is 104 cm³/mol. The molecule has 27 heavy (non-hydrogen) atoms. The number of fused-ring (bicyclic) bond motifs is 2. The Hall–Kier alpha value is -2.53. The third kappa shape index (κ3) is 4.08. The Morgan fingerprint density at radius 2 is 1.85 bits per heavy atom. The van der Waals surface area contributed by atoms with Crippen molar-refractivity contribution in [3.8, 4) is 11.5 Å². The van der Waals surface area contributed by atoms with Gasteiger partial charge in [0.2, 0.25) is 5.91 Å². The number of likely N-dealkylation sites (N-methyl/N-ethyl adjacent to an activating group) is 1. The van der Waals surface area contributed by atoms with Gasteiger partial charge in [0.1, 0.15) is 12.7 Å². The number of ether oxygens (including phenoxy) is 2. The highest BCUT2D eigenvalue weighted by atomic mass is 16.6. The topological polar surface area (TPSA) is 42.0 Å². The molecular formula is C22H26N2O3. The normalized spacial score (nSPS) is 18.3. The highest BCUT2D eigenvalue weighted by Crippen LogP contribution is 2.31. The van der Waals surface area contributed by atoms with Gasteiger partial charge in [0.25, 0.3) is 0 Å². The summed E-state index contributed by atoms with van der Waals surface area (Å²) in [4.78, 5) is 16.9. The van der Waals surface area contributed by atoms with Gasteiger partial charge >= 0.3 is 0 Å². The summed E-state index contributed by atoms with van der Waals surface area (Å²) in [5, 5.41) is 0. The molecule has 4 rings (SSSR count). The first-order valence-corrected chi connectivity index (χ1v) is 9.68. The van der Waals surface area contributed by atoms with Crippen LogP contribution in [0.1, 0.15) is 18.1 Å². The van der Waals surface area contributed by atoms with Crippen LogP contribution in [0.15, 0.2) is 48.5 Å². The van der Waals surface area contributed by atoms with Crippen molar-refractivity contribution in [1.82, 2.24) is 9.80 Å². The van der Waals surface area contributed by atoms with Crippen LogP contribution in [-0.4, -0.2) is 54.6 Å². The Balaban J connectivity index is 1.33. The molecule has 0 N–H and O–H groups in total. The average molecular weight is 366 g/mol. The van der Waals surface area contributed by atoms with Gasteiger partial charge in [-0.2, -0.15) is 0 Å². The first-order chi connectivity index (χ1) is 13.2. The molecule has 5 heteroatoms. The van der Waals surface area contributed by atoms with Crippen molar-refractivity contribution >= 4 is 5.91 Å². The number of rotatable bonds is 5. The second-order valence-electron chi connectivity index (χ2n) is 7.16. The van der Waals surface area contributed by atoms with Crippen molar-refractivity contribution in [2.24, 2.45) is 0 Å². The van der Waals surface area contributed by atoms with Gasteiger partial charge in [0.15, 0.2) is 11.5 Å². The number of carbonyl (C=O) groups excluding carboxylic acids is 1. The molecule has 0 saturated heterocycles. The van der Waals surface area contributed by atoms with Gasteiger partial charge in [-0.15, -0.1) is 0 Å². The summed E-state index contributed by atoms with van der Waals surface area (Å²) in [7, 11) is 0. The number of amides is 1. The van der Waals surface area contributed by atoms with Gasteiger partial charge in [0.05, 0.1) is 6.54 Å². The first kappa shape index (κ1) is 17.9. The number of nitrogens with zero attached hydrogens (tertiary/aromatic N) is 2. The molecule has 2 aliphatic rings. The van der Waals surface area contributed by atoms with Crippen molar-refractivity contribution in [3.63, 3.8) is 0 Å². The molecule has 1 unspecified atom stereocenters. The summed E-state index contributed by atoms with van der Waals surface area (Å²) in [6.45, 7) is 6.00. The Morgan fingerprint density at radius 1 is 1.11 bits per heavy atom. The monoisotopic (exact) mass is 366 g/mol. The van der Waals surface area contributed by atoms with E-state index in [9.17, 15) is 4.79 Å². The van der Waals surface area contributed by atoms with Crippen molar-refractivity contribution < 1.29 is 14.3 Å². The smallest absolute Gasteiger partial charge is 0.237 e. The van der Waals surface area contributed by atoms with Crippen LogP contribution in [0, 0.1) is 0 Å². The molecule has 5 nitrogen and oxygen atoms in total. The minimum Gasteiger partial charge on any atom is -0.486 e. The third-order valence-electron chi connectivity index (χ3n) is 5.32. The van der Waals surface area contributed by atoms with Gasteiger partial charge in [-0.1, -0.05) is 43.3 Å². The molecule has 2 aromatic rings. The minimum atomic E-state index is -0.0604. The summed E-state index contributed by atoms with van der Waals surface area (Å²) < 4.78 is 11.8. The Morgan fingerprint density at radius 3 is 2.67 bits per heavy atom. The fourth-order valence-corrected chi connectivity index (χ4v) is 3.75. The van der Waals surface area contributed by atoms with Gasteiger partial charge in [-0.25, -0.2) is 0 Å². The summed E-state index contributed by atoms with van der Waals surface area (Å²) in [6, 6.07) is 16.1. The molecule has 0 bridgehead atoms. The molecule has 1 amide bonds. The molecule has 2 heterocycles. The molecule has 0 aromatic heterocycles. The van der Waals surface area contributed by atoms with Crippen LogP contribution in [-0.2, 0) is 17.8 Å². The van der Waals surface area contributed by atoms with Crippen LogP contribution in [0.4, 0.5) is 0 Å². The predicted octanol–water partition coefficient (Wildman–Crippen LogP) is 2.73. The highest BCUT2D eigenvalue weighted by Gasteiger charge is 2.26. The van der Waals surface area contributed by atoms with E-state index in [-0.39, 0.29) is 12.0 Å². The summed E-state index contributed by atoms with van der Waals surface area (Å²) in [5.41, 5.74) is 2.63. The van der Waals surface area contributed by atoms with Crippen LogP contribution in [0.25, 0.3) is 0 Å². The lowest BCUT2D eigenvalue weighted by Crippen LogP contribution is -2.47. The number of hydrogen-bond donors (Lipinski definition) is 0. The fraction of sp³-hybridized carbons (Fsp3) is 0.409. The van der Waals surface area contributed by atoms with Gasteiger partial charge in [-0.3, -0.25) is 9.69 Å². The van der Waals surface area contributed by atoms with Gasteiger partial charge in [0, 0.05) is 19.6 Å². The second-order valence-corrected chi connectivity index (χ2v) is 7.16. The number of benzene rings is 2. The van der Waals surface area contributed by atoms with Crippen molar-refractivity contribution in [1.29, 1.82) is 0 Å². The quantitative estimate of drug-likeness (QED) is 0.816. The molecule has 2 aromatic carbocycles. The minimum absolute atomic E-state index is 0.0604. The lowest BCUT2D eigenvalue weighted by molar-refractivity contribution is -0.133. The zero-order valence-electron chi connectivity index (χ0n) is 15.8. The standard InChI is InChI=1S/C22H26N2O3/c1-2-23(14-19-16-26-20-9-5-6-10-21(20)27-19)15-22(25)24-12-11-17-7-3-4-8-18(17)13-24/h3-10,19H,2,11-16H2,1H3. The van der Waals surface area contributed by atoms with E-state index < -0.39 is 0 Å². The van der Waals surface area contributed by atoms with E-state index in [2.05, 4.69) is 30.0 Å². The SMILES string of the molecule is CCN(CC(=O)N1CCc2ccccc2C1)CC1COc2ccccc2O1. The zero-order valence-corrected chi connectivity index (χ0v) is 15.8. The molecule has 0 saturated carbocycles. The summed E-state index contributed by atoms with van der Waals surface area (Å²) in [6.07, 6.45) is 0.874. The van der Waals surface area contributed by atoms with Crippen LogP contribution >= 0.6 is 0 Å². The Labute approximate surface area is 160 Å². The largest absolute Gasteiger partial charge is 0.486 e. The van der Waals surface area contributed by atoms with Crippen molar-refractivity contribution in [2.75, 3.05) is 32.8 Å². The number of hydrogen-bond acceptors (Lipinski definition) is 4. The van der Waals surface area contributed by atoms with E-state index in [0.717, 1.165) is 31.0 Å². The second kappa shape index (κ2) is 8.01. The van der Waals surface area contributed by atoms with Crippen LogP contribution < -0.4 is 9.47 Å². The van der Waals surface area contributed by atoms with E-state index in [1.807, 2.05) is 35.2 Å². The molecule has 0 aliphatic carbocycles. The summed E-state index contributed by atoms with van der Waals surface area (Å²) in [5.74, 6) is 1.76. The molecular weight excluding hydrogens is 340 g/mol. The Kier molecular flexibility index (Phi) is 5.30. The molecule has 0 spiro atoms. The molecule has 1 atom stereocenters. The lowest BCUT2D eigenvalue weighted by Gasteiger charge is -2.33. The first-order valence-electron chi connectivity index (χ1n) is 9.68. The molecule has 2 aliphatic heterocycles. The zero-order chi connectivity index (χ0) is 18.6. The summed E-state index contributed by atoms with van der Waals surface area (Å²) >= 11 is 0. The lowest BCUT2D eigenvalue weighted by atomic mass is 10.00. The fourth-order valence-electron chi connectivity index (χ4n) is 3.75. The molecule has 0 fully saturated rings. The third-order valence-corrected chi connectivity index (χ3v) is 5.32. The average Bonchev–Trinajstić information content (AvgIpc) is 2.72. The Bertz CT molecular complexity index is 808. The maximum Gasteiger partial charge on any atom is 0.237 e. The van der Waals surface area contributed by atoms with Crippen molar-refractivity contribution in [2.45, 2.75) is 26.0 Å². The van der Waals surface area contributed by atoms with Crippen LogP contribution in [0.5, 0.6) is 11.5 Å². The van der Waals surface area contributed by atoms with Gasteiger partial charge < -0.3 is 14.4 Å². The van der Waals surface area contributed by atoms with Crippen LogP contribution in [0.3, 0.4) is 0 Å². The number of para-hydroxylation sites is 2. The van der Waals surface area contributed by atoms with E-state index >= 15 is 0 Å². The van der Waals surface area contributed by atoms with E-state index in [1.165, 1.54) is 11.1 Å². The number of carbonyl (C=O) groups is 1. The van der Waals surface area contributed by atoms with Gasteiger partial charge in [-0.05, 0) is 36.2 Å². The maximum atomic E-state index is 12.8. The van der Waals surface area contributed by atoms with E-state index in [0.29, 0.717) is 26.2 Å². The maximum absolute atomic E-state index is 12.8. The molecule has 0 radical (unpaired) electrons. The van der Waals surface area contributed by atoms with Crippen LogP contribution in [0.2, 0.25) is 0 Å². The van der Waals surface area contributed by atoms with Crippen molar-refractivity contribution in [3.05, 3.63) is 59.7 Å².